The molecular formula is C20H22N4O3S. The molecule has 3 aromatic rings. The molecule has 1 heterocycles. The molecule has 0 aliphatic rings. The van der Waals surface area contributed by atoms with E-state index in [1.807, 2.05) is 54.0 Å². The van der Waals surface area contributed by atoms with Gasteiger partial charge in [-0.05, 0) is 43.3 Å². The number of anilines is 1. The van der Waals surface area contributed by atoms with Crippen molar-refractivity contribution in [3.05, 3.63) is 48.5 Å². The summed E-state index contributed by atoms with van der Waals surface area (Å²) >= 11 is 1.35. The maximum Gasteiger partial charge on any atom is 0.234 e. The zero-order valence-electron chi connectivity index (χ0n) is 16.0. The van der Waals surface area contributed by atoms with Crippen molar-refractivity contribution < 1.29 is 14.3 Å². The van der Waals surface area contributed by atoms with E-state index in [0.29, 0.717) is 23.1 Å². The number of rotatable bonds is 8. The molecule has 8 heteroatoms. The van der Waals surface area contributed by atoms with E-state index in [9.17, 15) is 4.79 Å². The molecule has 0 atom stereocenters. The number of thioether (sulfide) groups is 1. The molecule has 0 aliphatic carbocycles. The largest absolute Gasteiger partial charge is 0.497 e. The van der Waals surface area contributed by atoms with Gasteiger partial charge in [0.1, 0.15) is 11.5 Å². The lowest BCUT2D eigenvalue weighted by molar-refractivity contribution is -0.113. The highest BCUT2D eigenvalue weighted by atomic mass is 32.2. The zero-order chi connectivity index (χ0) is 19.9. The van der Waals surface area contributed by atoms with Crippen molar-refractivity contribution in [1.82, 2.24) is 14.8 Å². The molecule has 0 radical (unpaired) electrons. The van der Waals surface area contributed by atoms with Crippen LogP contribution in [0, 0.1) is 0 Å². The number of ether oxygens (including phenoxy) is 2. The Labute approximate surface area is 168 Å². The molecule has 1 aromatic heterocycles. The van der Waals surface area contributed by atoms with Crippen molar-refractivity contribution >= 4 is 23.4 Å². The van der Waals surface area contributed by atoms with Crippen LogP contribution in [-0.4, -0.2) is 40.6 Å². The van der Waals surface area contributed by atoms with Crippen LogP contribution in [0.4, 0.5) is 5.69 Å². The minimum atomic E-state index is -0.116. The Morgan fingerprint density at radius 2 is 1.82 bits per heavy atom. The molecule has 0 aliphatic heterocycles. The van der Waals surface area contributed by atoms with E-state index in [1.165, 1.54) is 11.8 Å². The zero-order valence-corrected chi connectivity index (χ0v) is 16.8. The lowest BCUT2D eigenvalue weighted by Crippen LogP contribution is -2.14. The molecule has 0 spiro atoms. The quantitative estimate of drug-likeness (QED) is 0.583. The van der Waals surface area contributed by atoms with E-state index in [2.05, 4.69) is 15.5 Å². The Morgan fingerprint density at radius 1 is 1.07 bits per heavy atom. The predicted molar refractivity (Wildman–Crippen MR) is 110 cm³/mol. The molecule has 0 saturated heterocycles. The van der Waals surface area contributed by atoms with Crippen LogP contribution >= 0.6 is 11.8 Å². The van der Waals surface area contributed by atoms with Crippen molar-refractivity contribution in [3.63, 3.8) is 0 Å². The second kappa shape index (κ2) is 9.27. The predicted octanol–water partition coefficient (Wildman–Crippen LogP) is 3.71. The van der Waals surface area contributed by atoms with Gasteiger partial charge < -0.3 is 19.4 Å². The van der Waals surface area contributed by atoms with Gasteiger partial charge in [-0.2, -0.15) is 0 Å². The van der Waals surface area contributed by atoms with E-state index >= 15 is 0 Å². The molecular weight excluding hydrogens is 376 g/mol. The first kappa shape index (κ1) is 19.8. The third kappa shape index (κ3) is 4.64. The summed E-state index contributed by atoms with van der Waals surface area (Å²) in [4.78, 5) is 12.3. The van der Waals surface area contributed by atoms with Gasteiger partial charge in [0.25, 0.3) is 0 Å². The SMILES string of the molecule is CCn1c(SCC(=O)Nc2cccc(OC)c2)nnc1-c1ccc(OC)cc1. The molecule has 0 bridgehead atoms. The Bertz CT molecular complexity index is 941. The number of nitrogens with zero attached hydrogens (tertiary/aromatic N) is 3. The Hall–Kier alpha value is -3.00. The number of benzene rings is 2. The number of carbonyl (C=O) groups is 1. The fourth-order valence-electron chi connectivity index (χ4n) is 2.66. The second-order valence-corrected chi connectivity index (χ2v) is 6.79. The van der Waals surface area contributed by atoms with E-state index in [0.717, 1.165) is 17.1 Å². The van der Waals surface area contributed by atoms with Gasteiger partial charge in [-0.25, -0.2) is 0 Å². The first-order chi connectivity index (χ1) is 13.6. The molecule has 0 unspecified atom stereocenters. The second-order valence-electron chi connectivity index (χ2n) is 5.85. The minimum absolute atomic E-state index is 0.116. The van der Waals surface area contributed by atoms with Crippen molar-refractivity contribution in [2.45, 2.75) is 18.6 Å². The molecule has 1 amide bonds. The van der Waals surface area contributed by atoms with Crippen molar-refractivity contribution in [1.29, 1.82) is 0 Å². The number of hydrogen-bond acceptors (Lipinski definition) is 6. The first-order valence-corrected chi connectivity index (χ1v) is 9.77. The van der Waals surface area contributed by atoms with Crippen LogP contribution in [0.1, 0.15) is 6.92 Å². The van der Waals surface area contributed by atoms with E-state index < -0.39 is 0 Å². The highest BCUT2D eigenvalue weighted by molar-refractivity contribution is 7.99. The Balaban J connectivity index is 1.67. The van der Waals surface area contributed by atoms with Gasteiger partial charge in [-0.1, -0.05) is 17.8 Å². The fraction of sp³-hybridized carbons (Fsp3) is 0.250. The standard InChI is InChI=1S/C20H22N4O3S/c1-4-24-19(14-8-10-16(26-2)11-9-14)22-23-20(24)28-13-18(25)21-15-6-5-7-17(12-15)27-3/h5-12H,4,13H2,1-3H3,(H,21,25). The monoisotopic (exact) mass is 398 g/mol. The van der Waals surface area contributed by atoms with Crippen LogP contribution in [0.25, 0.3) is 11.4 Å². The third-order valence-corrected chi connectivity index (χ3v) is 5.03. The average molecular weight is 398 g/mol. The summed E-state index contributed by atoms with van der Waals surface area (Å²) in [7, 11) is 3.23. The van der Waals surface area contributed by atoms with Gasteiger partial charge in [0.2, 0.25) is 5.91 Å². The summed E-state index contributed by atoms with van der Waals surface area (Å²) in [6.07, 6.45) is 0. The smallest absolute Gasteiger partial charge is 0.234 e. The molecule has 3 rings (SSSR count). The Morgan fingerprint density at radius 3 is 2.50 bits per heavy atom. The van der Waals surface area contributed by atoms with Crippen LogP contribution in [-0.2, 0) is 11.3 Å². The number of hydrogen-bond donors (Lipinski definition) is 1. The topological polar surface area (TPSA) is 78.3 Å². The normalized spacial score (nSPS) is 10.5. The van der Waals surface area contributed by atoms with Gasteiger partial charge in [-0.15, -0.1) is 10.2 Å². The molecule has 7 nitrogen and oxygen atoms in total. The minimum Gasteiger partial charge on any atom is -0.497 e. The molecule has 2 aromatic carbocycles. The lowest BCUT2D eigenvalue weighted by Gasteiger charge is -2.09. The summed E-state index contributed by atoms with van der Waals surface area (Å²) < 4.78 is 12.4. The molecule has 0 saturated carbocycles. The van der Waals surface area contributed by atoms with Crippen molar-refractivity contribution in [3.8, 4) is 22.9 Å². The fourth-order valence-corrected chi connectivity index (χ4v) is 3.46. The van der Waals surface area contributed by atoms with E-state index in [4.69, 9.17) is 9.47 Å². The van der Waals surface area contributed by atoms with E-state index in [-0.39, 0.29) is 11.7 Å². The maximum absolute atomic E-state index is 12.3. The summed E-state index contributed by atoms with van der Waals surface area (Å²) in [5.41, 5.74) is 1.64. The lowest BCUT2D eigenvalue weighted by atomic mass is 10.2. The summed E-state index contributed by atoms with van der Waals surface area (Å²) in [6, 6.07) is 14.9. The van der Waals surface area contributed by atoms with Gasteiger partial charge in [0, 0.05) is 23.9 Å². The van der Waals surface area contributed by atoms with Crippen LogP contribution in [0.15, 0.2) is 53.7 Å². The van der Waals surface area contributed by atoms with E-state index in [1.54, 1.807) is 20.3 Å². The molecule has 0 fully saturated rings. The average Bonchev–Trinajstić information content (AvgIpc) is 3.15. The maximum atomic E-state index is 12.3. The summed E-state index contributed by atoms with van der Waals surface area (Å²) in [6.45, 7) is 2.73. The van der Waals surface area contributed by atoms with Crippen molar-refractivity contribution in [2.24, 2.45) is 0 Å². The Kier molecular flexibility index (Phi) is 6.54. The summed E-state index contributed by atoms with van der Waals surface area (Å²) in [5, 5.41) is 12.1. The van der Waals surface area contributed by atoms with Crippen LogP contribution in [0.5, 0.6) is 11.5 Å². The number of amides is 1. The van der Waals surface area contributed by atoms with Gasteiger partial charge >= 0.3 is 0 Å². The number of carbonyl (C=O) groups excluding carboxylic acids is 1. The summed E-state index contributed by atoms with van der Waals surface area (Å²) in [5.74, 6) is 2.36. The number of aromatic nitrogens is 3. The third-order valence-electron chi connectivity index (χ3n) is 4.07. The van der Waals surface area contributed by atoms with Crippen LogP contribution in [0.3, 0.4) is 0 Å². The molecule has 146 valence electrons. The van der Waals surface area contributed by atoms with Crippen molar-refractivity contribution in [2.75, 3.05) is 25.3 Å². The highest BCUT2D eigenvalue weighted by Gasteiger charge is 2.15. The van der Waals surface area contributed by atoms with Crippen LogP contribution < -0.4 is 14.8 Å². The number of nitrogens with one attached hydrogen (secondary N) is 1. The van der Waals surface area contributed by atoms with Crippen LogP contribution in [0.2, 0.25) is 0 Å². The highest BCUT2D eigenvalue weighted by Crippen LogP contribution is 2.26. The first-order valence-electron chi connectivity index (χ1n) is 8.79. The van der Waals surface area contributed by atoms with Gasteiger partial charge in [0.05, 0.1) is 20.0 Å². The number of methoxy groups -OCH3 is 2. The molecule has 28 heavy (non-hydrogen) atoms. The van der Waals surface area contributed by atoms with Gasteiger partial charge in [-0.3, -0.25) is 4.79 Å². The van der Waals surface area contributed by atoms with Gasteiger partial charge in [0.15, 0.2) is 11.0 Å². The molecule has 1 N–H and O–H groups in total.